The molecule has 0 fully saturated rings. The third-order valence-corrected chi connectivity index (χ3v) is 3.13. The fraction of sp³-hybridized carbons (Fsp3) is 0.364. The molecule has 0 N–H and O–H groups in total. The molecule has 0 spiro atoms. The first-order valence-corrected chi connectivity index (χ1v) is 6.09. The van der Waals surface area contributed by atoms with Crippen LogP contribution in [0.4, 0.5) is 0 Å². The summed E-state index contributed by atoms with van der Waals surface area (Å²) in [6, 6.07) is 3.76. The van der Waals surface area contributed by atoms with Gasteiger partial charge in [-0.1, -0.05) is 18.5 Å². The van der Waals surface area contributed by atoms with Crippen molar-refractivity contribution in [2.75, 3.05) is 6.61 Å². The first kappa shape index (κ1) is 10.7. The number of halogens is 1. The van der Waals surface area contributed by atoms with Gasteiger partial charge in [-0.25, -0.2) is 4.98 Å². The number of aromatic nitrogens is 1. The molecule has 0 saturated carbocycles. The number of hydrogen-bond donors (Lipinski definition) is 0. The van der Waals surface area contributed by atoms with Crippen molar-refractivity contribution in [3.05, 3.63) is 22.2 Å². The van der Waals surface area contributed by atoms with E-state index in [4.69, 9.17) is 16.3 Å². The largest absolute Gasteiger partial charge is 0.491 e. The molecule has 0 amide bonds. The lowest BCUT2D eigenvalue weighted by Crippen LogP contribution is -1.95. The molecule has 2 rings (SSSR count). The predicted molar refractivity (Wildman–Crippen MR) is 65.2 cm³/mol. The Labute approximate surface area is 97.8 Å². The molecule has 0 radical (unpaired) electrons. The molecule has 0 aliphatic rings. The second-order valence-electron chi connectivity index (χ2n) is 3.33. The molecule has 0 aliphatic heterocycles. The molecule has 15 heavy (non-hydrogen) atoms. The summed E-state index contributed by atoms with van der Waals surface area (Å²) in [5.74, 6) is 0.795. The van der Waals surface area contributed by atoms with Gasteiger partial charge >= 0.3 is 0 Å². The van der Waals surface area contributed by atoms with Gasteiger partial charge in [0.05, 0.1) is 16.3 Å². The Morgan fingerprint density at radius 1 is 1.47 bits per heavy atom. The summed E-state index contributed by atoms with van der Waals surface area (Å²) in [5.41, 5.74) is 0.926. The molecule has 0 saturated heterocycles. The summed E-state index contributed by atoms with van der Waals surface area (Å²) < 4.78 is 6.71. The van der Waals surface area contributed by atoms with Crippen molar-refractivity contribution in [2.45, 2.75) is 20.3 Å². The average molecular weight is 242 g/mol. The van der Waals surface area contributed by atoms with Crippen LogP contribution in [0.1, 0.15) is 18.4 Å². The molecule has 0 bridgehead atoms. The number of fused-ring (bicyclic) bond motifs is 1. The second kappa shape index (κ2) is 4.37. The summed E-state index contributed by atoms with van der Waals surface area (Å²) in [5, 5.41) is 1.74. The van der Waals surface area contributed by atoms with E-state index in [1.165, 1.54) is 0 Å². The van der Waals surface area contributed by atoms with Crippen LogP contribution in [-0.2, 0) is 0 Å². The summed E-state index contributed by atoms with van der Waals surface area (Å²) in [6.07, 6.45) is 0.983. The number of nitrogens with zero attached hydrogens (tertiary/aromatic N) is 1. The van der Waals surface area contributed by atoms with E-state index in [9.17, 15) is 0 Å². The molecule has 0 aliphatic carbocycles. The number of aryl methyl sites for hydroxylation is 1. The van der Waals surface area contributed by atoms with Crippen LogP contribution < -0.4 is 4.74 Å². The lowest BCUT2D eigenvalue weighted by molar-refractivity contribution is 0.320. The SMILES string of the molecule is CCCOc1cc(Cl)cc2sc(C)nc12. The first-order valence-electron chi connectivity index (χ1n) is 4.90. The van der Waals surface area contributed by atoms with Crippen molar-refractivity contribution in [3.63, 3.8) is 0 Å². The van der Waals surface area contributed by atoms with Crippen molar-refractivity contribution in [2.24, 2.45) is 0 Å². The normalized spacial score (nSPS) is 10.9. The first-order chi connectivity index (χ1) is 7.20. The zero-order chi connectivity index (χ0) is 10.8. The minimum atomic E-state index is 0.700. The van der Waals surface area contributed by atoms with Crippen LogP contribution in [0, 0.1) is 6.92 Å². The van der Waals surface area contributed by atoms with E-state index in [0.29, 0.717) is 11.6 Å². The highest BCUT2D eigenvalue weighted by Crippen LogP contribution is 2.33. The smallest absolute Gasteiger partial charge is 0.147 e. The van der Waals surface area contributed by atoms with Gasteiger partial charge in [0.1, 0.15) is 11.3 Å². The Morgan fingerprint density at radius 2 is 2.27 bits per heavy atom. The number of benzene rings is 1. The minimum Gasteiger partial charge on any atom is -0.491 e. The lowest BCUT2D eigenvalue weighted by Gasteiger charge is -2.05. The second-order valence-corrected chi connectivity index (χ2v) is 5.00. The van der Waals surface area contributed by atoms with Crippen LogP contribution in [-0.4, -0.2) is 11.6 Å². The number of thiazole rings is 1. The molecule has 0 atom stereocenters. The van der Waals surface area contributed by atoms with Gasteiger partial charge in [0.2, 0.25) is 0 Å². The fourth-order valence-electron chi connectivity index (χ4n) is 1.40. The van der Waals surface area contributed by atoms with Crippen LogP contribution in [0.25, 0.3) is 10.2 Å². The van der Waals surface area contributed by atoms with E-state index in [0.717, 1.165) is 27.4 Å². The van der Waals surface area contributed by atoms with Crippen LogP contribution in [0.2, 0.25) is 5.02 Å². The fourth-order valence-corrected chi connectivity index (χ4v) is 2.56. The van der Waals surface area contributed by atoms with Crippen molar-refractivity contribution >= 4 is 33.2 Å². The zero-order valence-corrected chi connectivity index (χ0v) is 10.3. The Bertz CT molecular complexity index is 481. The van der Waals surface area contributed by atoms with Crippen LogP contribution in [0.3, 0.4) is 0 Å². The standard InChI is InChI=1S/C11H12ClNOS/c1-3-4-14-9-5-8(12)6-10-11(9)13-7(2)15-10/h5-6H,3-4H2,1-2H3. The topological polar surface area (TPSA) is 22.1 Å². The van der Waals surface area contributed by atoms with Gasteiger partial charge in [0.15, 0.2) is 0 Å². The van der Waals surface area contributed by atoms with Crippen LogP contribution in [0.15, 0.2) is 12.1 Å². The zero-order valence-electron chi connectivity index (χ0n) is 8.71. The molecule has 1 aromatic heterocycles. The number of rotatable bonds is 3. The molecule has 80 valence electrons. The predicted octanol–water partition coefficient (Wildman–Crippen LogP) is 4.05. The van der Waals surface area contributed by atoms with Gasteiger partial charge < -0.3 is 4.74 Å². The summed E-state index contributed by atoms with van der Waals surface area (Å²) in [4.78, 5) is 4.44. The van der Waals surface area contributed by atoms with Crippen molar-refractivity contribution in [1.82, 2.24) is 4.98 Å². The Hall–Kier alpha value is -0.800. The maximum absolute atomic E-state index is 6.01. The monoisotopic (exact) mass is 241 g/mol. The molecule has 0 unspecified atom stereocenters. The third kappa shape index (κ3) is 2.24. The lowest BCUT2D eigenvalue weighted by atomic mass is 10.3. The van der Waals surface area contributed by atoms with E-state index >= 15 is 0 Å². The number of ether oxygens (including phenoxy) is 1. The van der Waals surface area contributed by atoms with Crippen LogP contribution in [0.5, 0.6) is 5.75 Å². The maximum atomic E-state index is 6.01. The van der Waals surface area contributed by atoms with Gasteiger partial charge in [-0.2, -0.15) is 0 Å². The summed E-state index contributed by atoms with van der Waals surface area (Å²) in [6.45, 7) is 4.77. The highest BCUT2D eigenvalue weighted by atomic mass is 35.5. The van der Waals surface area contributed by atoms with E-state index in [2.05, 4.69) is 11.9 Å². The van der Waals surface area contributed by atoms with E-state index < -0.39 is 0 Å². The van der Waals surface area contributed by atoms with Gasteiger partial charge in [0, 0.05) is 11.1 Å². The molecule has 1 aromatic carbocycles. The third-order valence-electron chi connectivity index (χ3n) is 1.99. The molecule has 2 aromatic rings. The summed E-state index contributed by atoms with van der Waals surface area (Å²) >= 11 is 7.65. The maximum Gasteiger partial charge on any atom is 0.147 e. The molecule has 2 nitrogen and oxygen atoms in total. The highest BCUT2D eigenvalue weighted by molar-refractivity contribution is 7.18. The van der Waals surface area contributed by atoms with Crippen molar-refractivity contribution in [1.29, 1.82) is 0 Å². The molecule has 1 heterocycles. The quantitative estimate of drug-likeness (QED) is 0.809. The Morgan fingerprint density at radius 3 is 3.00 bits per heavy atom. The average Bonchev–Trinajstić information content (AvgIpc) is 2.54. The summed E-state index contributed by atoms with van der Waals surface area (Å²) in [7, 11) is 0. The van der Waals surface area contributed by atoms with Gasteiger partial charge in [0.25, 0.3) is 0 Å². The Balaban J connectivity index is 2.50. The van der Waals surface area contributed by atoms with E-state index in [-0.39, 0.29) is 0 Å². The molecular weight excluding hydrogens is 230 g/mol. The van der Waals surface area contributed by atoms with Crippen LogP contribution >= 0.6 is 22.9 Å². The van der Waals surface area contributed by atoms with E-state index in [1.807, 2.05) is 19.1 Å². The Kier molecular flexibility index (Phi) is 3.12. The van der Waals surface area contributed by atoms with Crippen molar-refractivity contribution < 1.29 is 4.74 Å². The molecule has 4 heteroatoms. The van der Waals surface area contributed by atoms with Gasteiger partial charge in [-0.05, 0) is 19.4 Å². The molecular formula is C11H12ClNOS. The van der Waals surface area contributed by atoms with E-state index in [1.54, 1.807) is 11.3 Å². The van der Waals surface area contributed by atoms with Gasteiger partial charge in [-0.3, -0.25) is 0 Å². The number of hydrogen-bond acceptors (Lipinski definition) is 3. The minimum absolute atomic E-state index is 0.700. The highest BCUT2D eigenvalue weighted by Gasteiger charge is 2.08. The van der Waals surface area contributed by atoms with Crippen molar-refractivity contribution in [3.8, 4) is 5.75 Å². The van der Waals surface area contributed by atoms with Gasteiger partial charge in [-0.15, -0.1) is 11.3 Å².